The lowest BCUT2D eigenvalue weighted by Crippen LogP contribution is -2.51. The van der Waals surface area contributed by atoms with Gasteiger partial charge in [-0.1, -0.05) is 24.3 Å². The second-order valence-corrected chi connectivity index (χ2v) is 9.86. The van der Waals surface area contributed by atoms with E-state index < -0.39 is 4.87 Å². The molecular weight excluding hydrogens is 462 g/mol. The van der Waals surface area contributed by atoms with Gasteiger partial charge in [-0.15, -0.1) is 11.8 Å². The zero-order chi connectivity index (χ0) is 24.7. The van der Waals surface area contributed by atoms with Crippen molar-refractivity contribution in [1.82, 2.24) is 0 Å². The van der Waals surface area contributed by atoms with E-state index in [9.17, 15) is 14.4 Å². The number of methoxy groups -OCH3 is 1. The highest BCUT2D eigenvalue weighted by atomic mass is 32.2. The predicted molar refractivity (Wildman–Crippen MR) is 138 cm³/mol. The second kappa shape index (κ2) is 8.78. The standard InChI is InChI=1S/C27H25N3O4S/c1-17-12-18(2)14-20(13-17)30-25(32)16-35-27(30)22-6-4-5-7-23(22)29(26(27)33)15-24(31)28-19-8-10-21(34-3)11-9-19/h4-14H,15-16H2,1-3H3,(H,28,31)/t27-/m1/s1. The zero-order valence-corrected chi connectivity index (χ0v) is 20.5. The molecular formula is C27H25N3O4S. The Hall–Kier alpha value is -3.78. The molecule has 3 aromatic carbocycles. The number of nitrogens with zero attached hydrogens (tertiary/aromatic N) is 2. The minimum atomic E-state index is -1.24. The number of hydrogen-bond donors (Lipinski definition) is 1. The van der Waals surface area contributed by atoms with Gasteiger partial charge in [-0.3, -0.25) is 24.2 Å². The molecule has 3 amide bonds. The number of aryl methyl sites for hydroxylation is 2. The van der Waals surface area contributed by atoms with E-state index in [0.717, 1.165) is 16.7 Å². The Morgan fingerprint density at radius 1 is 1.03 bits per heavy atom. The van der Waals surface area contributed by atoms with E-state index in [-0.39, 0.29) is 30.0 Å². The number of para-hydroxylation sites is 1. The monoisotopic (exact) mass is 487 g/mol. The molecule has 1 atom stereocenters. The van der Waals surface area contributed by atoms with Crippen molar-refractivity contribution in [1.29, 1.82) is 0 Å². The smallest absolute Gasteiger partial charge is 0.269 e. The first kappa shape index (κ1) is 23.0. The van der Waals surface area contributed by atoms with Crippen LogP contribution < -0.4 is 19.9 Å². The van der Waals surface area contributed by atoms with Gasteiger partial charge in [0.15, 0.2) is 0 Å². The second-order valence-electron chi connectivity index (χ2n) is 8.69. The summed E-state index contributed by atoms with van der Waals surface area (Å²) in [5.74, 6) is 0.107. The molecule has 2 heterocycles. The van der Waals surface area contributed by atoms with Gasteiger partial charge in [0.2, 0.25) is 16.7 Å². The van der Waals surface area contributed by atoms with Crippen LogP contribution in [0.3, 0.4) is 0 Å². The van der Waals surface area contributed by atoms with Crippen molar-refractivity contribution in [3.63, 3.8) is 0 Å². The topological polar surface area (TPSA) is 79.0 Å². The molecule has 0 aliphatic carbocycles. The van der Waals surface area contributed by atoms with E-state index in [0.29, 0.717) is 22.8 Å². The summed E-state index contributed by atoms with van der Waals surface area (Å²) >= 11 is 1.30. The number of anilines is 3. The van der Waals surface area contributed by atoms with Crippen LogP contribution in [-0.2, 0) is 19.3 Å². The third-order valence-corrected chi connectivity index (χ3v) is 7.59. The number of rotatable bonds is 5. The zero-order valence-electron chi connectivity index (χ0n) is 19.7. The fourth-order valence-electron chi connectivity index (χ4n) is 4.81. The lowest BCUT2D eigenvalue weighted by molar-refractivity contribution is -0.124. The van der Waals surface area contributed by atoms with Crippen LogP contribution in [0.15, 0.2) is 66.7 Å². The molecule has 1 spiro atoms. The van der Waals surface area contributed by atoms with Crippen LogP contribution in [0, 0.1) is 13.8 Å². The summed E-state index contributed by atoms with van der Waals surface area (Å²) in [5.41, 5.74) is 4.66. The summed E-state index contributed by atoms with van der Waals surface area (Å²) in [6.45, 7) is 3.77. The maximum Gasteiger partial charge on any atom is 0.269 e. The summed E-state index contributed by atoms with van der Waals surface area (Å²) in [5, 5.41) is 2.84. The van der Waals surface area contributed by atoms with E-state index >= 15 is 0 Å². The van der Waals surface area contributed by atoms with E-state index in [4.69, 9.17) is 4.74 Å². The fourth-order valence-corrected chi connectivity index (χ4v) is 6.17. The molecule has 3 aromatic rings. The normalized spacial score (nSPS) is 18.8. The summed E-state index contributed by atoms with van der Waals surface area (Å²) in [7, 11) is 1.58. The Labute approximate surface area is 208 Å². The number of hydrogen-bond acceptors (Lipinski definition) is 5. The van der Waals surface area contributed by atoms with Gasteiger partial charge in [0.25, 0.3) is 5.91 Å². The van der Waals surface area contributed by atoms with Crippen molar-refractivity contribution in [3.05, 3.63) is 83.4 Å². The van der Waals surface area contributed by atoms with Crippen LogP contribution in [0.25, 0.3) is 0 Å². The van der Waals surface area contributed by atoms with Crippen LogP contribution in [0.2, 0.25) is 0 Å². The van der Waals surface area contributed by atoms with Crippen LogP contribution in [0.4, 0.5) is 17.1 Å². The van der Waals surface area contributed by atoms with Gasteiger partial charge in [0.1, 0.15) is 12.3 Å². The van der Waals surface area contributed by atoms with Crippen LogP contribution in [-0.4, -0.2) is 37.1 Å². The molecule has 0 saturated carbocycles. The Kier molecular flexibility index (Phi) is 5.76. The largest absolute Gasteiger partial charge is 0.497 e. The molecule has 7 nitrogen and oxygen atoms in total. The van der Waals surface area contributed by atoms with Crippen molar-refractivity contribution in [2.75, 3.05) is 34.5 Å². The molecule has 0 unspecified atom stereocenters. The van der Waals surface area contributed by atoms with Crippen LogP contribution in [0.1, 0.15) is 16.7 Å². The van der Waals surface area contributed by atoms with E-state index in [1.165, 1.54) is 16.7 Å². The summed E-state index contributed by atoms with van der Waals surface area (Å²) < 4.78 is 5.16. The number of amides is 3. The van der Waals surface area contributed by atoms with Gasteiger partial charge < -0.3 is 10.1 Å². The molecule has 1 N–H and O–H groups in total. The predicted octanol–water partition coefficient (Wildman–Crippen LogP) is 4.23. The average molecular weight is 488 g/mol. The van der Waals surface area contributed by atoms with Crippen LogP contribution >= 0.6 is 11.8 Å². The van der Waals surface area contributed by atoms with Crippen molar-refractivity contribution < 1.29 is 19.1 Å². The molecule has 1 fully saturated rings. The van der Waals surface area contributed by atoms with Crippen LogP contribution in [0.5, 0.6) is 5.75 Å². The first-order valence-corrected chi connectivity index (χ1v) is 12.2. The first-order valence-electron chi connectivity index (χ1n) is 11.2. The minimum Gasteiger partial charge on any atom is -0.497 e. The van der Waals surface area contributed by atoms with E-state index in [1.54, 1.807) is 36.3 Å². The molecule has 178 valence electrons. The third-order valence-electron chi connectivity index (χ3n) is 6.20. The molecule has 5 rings (SSSR count). The van der Waals surface area contributed by atoms with Gasteiger partial charge in [-0.25, -0.2) is 0 Å². The van der Waals surface area contributed by atoms with Gasteiger partial charge in [0.05, 0.1) is 18.6 Å². The van der Waals surface area contributed by atoms with Crippen molar-refractivity contribution in [2.45, 2.75) is 18.7 Å². The van der Waals surface area contributed by atoms with Crippen molar-refractivity contribution in [2.24, 2.45) is 0 Å². The molecule has 8 heteroatoms. The Morgan fingerprint density at radius 3 is 2.40 bits per heavy atom. The number of ether oxygens (including phenoxy) is 1. The third kappa shape index (κ3) is 3.83. The average Bonchev–Trinajstić information content (AvgIpc) is 3.30. The highest BCUT2D eigenvalue weighted by molar-refractivity contribution is 8.02. The maximum absolute atomic E-state index is 14.1. The van der Waals surface area contributed by atoms with Gasteiger partial charge in [-0.05, 0) is 67.4 Å². The Morgan fingerprint density at radius 2 is 1.71 bits per heavy atom. The SMILES string of the molecule is COc1ccc(NC(=O)CN2C(=O)[C@]3(SCC(=O)N3c3cc(C)cc(C)c3)c3ccccc32)cc1. The fraction of sp³-hybridized carbons (Fsp3) is 0.222. The quantitative estimate of drug-likeness (QED) is 0.583. The summed E-state index contributed by atoms with van der Waals surface area (Å²) in [4.78, 5) is 42.1. The molecule has 2 aliphatic rings. The maximum atomic E-state index is 14.1. The van der Waals surface area contributed by atoms with Gasteiger partial charge in [0, 0.05) is 16.9 Å². The molecule has 0 bridgehead atoms. The number of carbonyl (C=O) groups is 3. The first-order chi connectivity index (χ1) is 16.8. The number of thioether (sulfide) groups is 1. The number of fused-ring (bicyclic) bond motifs is 2. The number of carbonyl (C=O) groups excluding carboxylic acids is 3. The molecule has 0 radical (unpaired) electrons. The Balaban J connectivity index is 1.50. The van der Waals surface area contributed by atoms with Gasteiger partial charge >= 0.3 is 0 Å². The summed E-state index contributed by atoms with van der Waals surface area (Å²) in [6.07, 6.45) is 0. The van der Waals surface area contributed by atoms with E-state index in [1.807, 2.05) is 56.3 Å². The molecule has 35 heavy (non-hydrogen) atoms. The van der Waals surface area contributed by atoms with Gasteiger partial charge in [-0.2, -0.15) is 0 Å². The minimum absolute atomic E-state index is 0.132. The molecule has 0 aromatic heterocycles. The highest BCUT2D eigenvalue weighted by Gasteiger charge is 2.61. The molecule has 1 saturated heterocycles. The number of benzene rings is 3. The van der Waals surface area contributed by atoms with Crippen molar-refractivity contribution in [3.8, 4) is 5.75 Å². The highest BCUT2D eigenvalue weighted by Crippen LogP contribution is 2.55. The molecule has 2 aliphatic heterocycles. The lowest BCUT2D eigenvalue weighted by atomic mass is 10.0. The van der Waals surface area contributed by atoms with E-state index in [2.05, 4.69) is 5.32 Å². The van der Waals surface area contributed by atoms with Crippen molar-refractivity contribution >= 4 is 46.5 Å². The Bertz CT molecular complexity index is 1320. The lowest BCUT2D eigenvalue weighted by Gasteiger charge is -2.33. The summed E-state index contributed by atoms with van der Waals surface area (Å²) in [6, 6.07) is 20.3. The number of nitrogens with one attached hydrogen (secondary N) is 1.